The smallest absolute Gasteiger partial charge is 0.0509 e. The second-order valence-electron chi connectivity index (χ2n) is 3.76. The Balaban J connectivity index is 0. The van der Waals surface area contributed by atoms with Gasteiger partial charge in [0.15, 0.2) is 0 Å². The average Bonchev–Trinajstić information content (AvgIpc) is 2.17. The minimum atomic E-state index is -0.648. The first kappa shape index (κ1) is 19.0. The summed E-state index contributed by atoms with van der Waals surface area (Å²) in [5.41, 5.74) is 0. The maximum atomic E-state index is 8.36. The molecule has 0 bridgehead atoms. The lowest BCUT2D eigenvalue weighted by Crippen LogP contribution is -2.63. The van der Waals surface area contributed by atoms with Crippen molar-refractivity contribution < 1.29 is 5.11 Å². The highest BCUT2D eigenvalue weighted by Crippen LogP contribution is 1.88. The van der Waals surface area contributed by atoms with Crippen LogP contribution in [0.5, 0.6) is 0 Å². The quantitative estimate of drug-likeness (QED) is 0.451. The highest BCUT2D eigenvalue weighted by atomic mass is 16.3. The molecule has 0 fully saturated rings. The van der Waals surface area contributed by atoms with E-state index in [9.17, 15) is 0 Å². The van der Waals surface area contributed by atoms with Crippen LogP contribution in [0.3, 0.4) is 0 Å². The molecule has 1 atom stereocenters. The molecular weight excluding hydrogens is 183 g/mol. The number of rotatable bonds is 5. The minimum Gasteiger partial charge on any atom is -0.393 e. The summed E-state index contributed by atoms with van der Waals surface area (Å²) in [6.07, 6.45) is -1.40. The monoisotopic (exact) mass is 195 g/mol. The highest BCUT2D eigenvalue weighted by molar-refractivity contribution is 8.01. The predicted octanol–water partition coefficient (Wildman–Crippen LogP) is -3.41. The van der Waals surface area contributed by atoms with Crippen molar-refractivity contribution in [2.45, 2.75) is 26.4 Å². The fraction of sp³-hybridized carbons (Fsp3) is 1.00. The SMILES string of the molecule is CCC(C)O.[B][B]B([B])B(B([B])[B])B([B])[B]. The third-order valence-corrected chi connectivity index (χ3v) is 2.15. The first-order chi connectivity index (χ1) is 7.27. The van der Waals surface area contributed by atoms with Crippen molar-refractivity contribution in [3.05, 3.63) is 0 Å². The van der Waals surface area contributed by atoms with E-state index in [4.69, 9.17) is 51.5 Å². The van der Waals surface area contributed by atoms with Gasteiger partial charge in [-0.2, -0.15) is 0 Å². The van der Waals surface area contributed by atoms with Crippen molar-refractivity contribution in [3.63, 3.8) is 0 Å². The van der Waals surface area contributed by atoms with Gasteiger partial charge >= 0.3 is 0 Å². The molecule has 0 rings (SSSR count). The molecule has 16 heavy (non-hydrogen) atoms. The number of aliphatic hydroxyl groups is 1. The van der Waals surface area contributed by atoms with Crippen LogP contribution < -0.4 is 0 Å². The van der Waals surface area contributed by atoms with Crippen molar-refractivity contribution >= 4 is 79.0 Å². The van der Waals surface area contributed by atoms with Crippen LogP contribution in [0.4, 0.5) is 0 Å². The van der Waals surface area contributed by atoms with Gasteiger partial charge in [-0.05, 0) is 13.3 Å². The van der Waals surface area contributed by atoms with E-state index >= 15 is 0 Å². The van der Waals surface area contributed by atoms with E-state index in [0.717, 1.165) is 6.42 Å². The van der Waals surface area contributed by atoms with Crippen LogP contribution in [0.1, 0.15) is 20.3 Å². The van der Waals surface area contributed by atoms with Crippen LogP contribution >= 0.6 is 0 Å². The lowest BCUT2D eigenvalue weighted by Gasteiger charge is -2.25. The van der Waals surface area contributed by atoms with Crippen molar-refractivity contribution in [3.8, 4) is 0 Å². The topological polar surface area (TPSA) is 20.2 Å². The fourth-order valence-corrected chi connectivity index (χ4v) is 0.898. The normalized spacial score (nSPS) is 10.4. The van der Waals surface area contributed by atoms with Crippen LogP contribution in [0, 0.1) is 0 Å². The molecule has 0 aromatic heterocycles. The molecular formula is C4H10B11O. The molecule has 65 valence electrons. The van der Waals surface area contributed by atoms with E-state index in [1.54, 1.807) is 6.92 Å². The van der Waals surface area contributed by atoms with Gasteiger partial charge in [-0.3, -0.25) is 0 Å². The van der Waals surface area contributed by atoms with Gasteiger partial charge in [0.2, 0.25) is 0 Å². The number of aliphatic hydroxyl groups excluding tert-OH is 1. The zero-order valence-electron chi connectivity index (χ0n) is 10.1. The Morgan fingerprint density at radius 3 is 1.50 bits per heavy atom. The average molecular weight is 193 g/mol. The van der Waals surface area contributed by atoms with Crippen LogP contribution in [0.15, 0.2) is 0 Å². The summed E-state index contributed by atoms with van der Waals surface area (Å²) in [5.74, 6) is 0. The van der Waals surface area contributed by atoms with Crippen molar-refractivity contribution in [2.75, 3.05) is 0 Å². The summed E-state index contributed by atoms with van der Waals surface area (Å²) in [6, 6.07) is 0. The first-order valence-electron chi connectivity index (χ1n) is 5.28. The highest BCUT2D eigenvalue weighted by Gasteiger charge is 2.26. The lowest BCUT2D eigenvalue weighted by atomic mass is 8.56. The molecule has 0 aliphatic heterocycles. The molecule has 1 unspecified atom stereocenters. The molecule has 0 saturated heterocycles. The Morgan fingerprint density at radius 1 is 1.12 bits per heavy atom. The molecule has 0 spiro atoms. The van der Waals surface area contributed by atoms with E-state index in [1.807, 2.05) is 6.92 Å². The Kier molecular flexibility index (Phi) is 12.8. The van der Waals surface area contributed by atoms with Crippen LogP contribution in [0.25, 0.3) is 0 Å². The summed E-state index contributed by atoms with van der Waals surface area (Å²) < 4.78 is 0. The fourth-order valence-electron chi connectivity index (χ4n) is 0.898. The van der Waals surface area contributed by atoms with E-state index in [2.05, 4.69) is 0 Å². The van der Waals surface area contributed by atoms with Crippen molar-refractivity contribution in [1.29, 1.82) is 0 Å². The van der Waals surface area contributed by atoms with E-state index in [-0.39, 0.29) is 12.5 Å². The van der Waals surface area contributed by atoms with Crippen LogP contribution in [-0.2, 0) is 0 Å². The van der Waals surface area contributed by atoms with Gasteiger partial charge in [0.25, 0.3) is 0 Å². The largest absolute Gasteiger partial charge is 0.393 e. The number of hydrogen-bond donors (Lipinski definition) is 1. The Morgan fingerprint density at radius 2 is 1.44 bits per heavy atom. The summed E-state index contributed by atoms with van der Waals surface area (Å²) in [4.78, 5) is 0. The van der Waals surface area contributed by atoms with Gasteiger partial charge in [0, 0.05) is 79.0 Å². The molecule has 0 aliphatic carbocycles. The summed E-state index contributed by atoms with van der Waals surface area (Å²) in [6.45, 7) is 3.73. The Labute approximate surface area is 111 Å². The van der Waals surface area contributed by atoms with Gasteiger partial charge in [-0.15, -0.1) is 0 Å². The van der Waals surface area contributed by atoms with Crippen LogP contribution in [-0.4, -0.2) is 90.2 Å². The molecule has 12 heteroatoms. The predicted molar refractivity (Wildman–Crippen MR) is 85.3 cm³/mol. The standard InChI is InChI=1S/C4H10O.B11/c1-3-4(2)5;1-7-10(6)11(8(2)3)9(4)5/h4-5H,3H2,1-2H3;. The molecule has 1 nitrogen and oxygen atoms in total. The van der Waals surface area contributed by atoms with Gasteiger partial charge in [0.05, 0.1) is 6.10 Å². The van der Waals surface area contributed by atoms with Crippen LogP contribution in [0.2, 0.25) is 0 Å². The summed E-state index contributed by atoms with van der Waals surface area (Å²) in [7, 11) is 33.5. The van der Waals surface area contributed by atoms with E-state index in [0.29, 0.717) is 0 Å². The zero-order valence-corrected chi connectivity index (χ0v) is 10.1. The van der Waals surface area contributed by atoms with E-state index < -0.39 is 19.2 Å². The molecule has 0 aliphatic rings. The number of hydrogen-bond acceptors (Lipinski definition) is 1. The van der Waals surface area contributed by atoms with Crippen molar-refractivity contribution in [1.82, 2.24) is 0 Å². The molecule has 0 aromatic carbocycles. The Hall–Kier alpha value is 0.674. The van der Waals surface area contributed by atoms with Crippen molar-refractivity contribution in [2.24, 2.45) is 0 Å². The molecule has 0 saturated carbocycles. The third-order valence-electron chi connectivity index (χ3n) is 2.15. The van der Waals surface area contributed by atoms with Gasteiger partial charge in [-0.1, -0.05) is 6.92 Å². The maximum absolute atomic E-state index is 8.36. The molecule has 0 amide bonds. The van der Waals surface area contributed by atoms with Gasteiger partial charge < -0.3 is 5.11 Å². The third kappa shape index (κ3) is 9.87. The van der Waals surface area contributed by atoms with Gasteiger partial charge in [0.1, 0.15) is 0 Å². The summed E-state index contributed by atoms with van der Waals surface area (Å²) in [5, 5.41) is 8.36. The molecule has 13 radical (unpaired) electrons. The Bertz CT molecular complexity index is 143. The minimum absolute atomic E-state index is 0.116. The molecule has 0 heterocycles. The molecule has 1 N–H and O–H groups in total. The lowest BCUT2D eigenvalue weighted by molar-refractivity contribution is 0.191. The van der Waals surface area contributed by atoms with Gasteiger partial charge in [-0.25, -0.2) is 0 Å². The summed E-state index contributed by atoms with van der Waals surface area (Å²) >= 11 is 0. The maximum Gasteiger partial charge on any atom is 0.0509 e. The molecule has 0 aromatic rings. The second-order valence-corrected chi connectivity index (χ2v) is 3.76. The zero-order chi connectivity index (χ0) is 13.3. The second kappa shape index (κ2) is 10.8. The first-order valence-corrected chi connectivity index (χ1v) is 5.28. The van der Waals surface area contributed by atoms with E-state index in [1.165, 1.54) is 7.06 Å².